The molecule has 6 N–H and O–H groups in total. The fourth-order valence-electron chi connectivity index (χ4n) is 4.80. The predicted molar refractivity (Wildman–Crippen MR) is 176 cm³/mol. The van der Waals surface area contributed by atoms with E-state index in [4.69, 9.17) is 17.2 Å². The summed E-state index contributed by atoms with van der Waals surface area (Å²) in [4.78, 5) is 6.96. The number of hydrogen-bond donors (Lipinski definition) is 3. The molecule has 0 saturated carbocycles. The third-order valence-electron chi connectivity index (χ3n) is 7.59. The Morgan fingerprint density at radius 3 is 1.49 bits per heavy atom. The molecule has 0 atom stereocenters. The van der Waals surface area contributed by atoms with E-state index in [1.807, 2.05) is 7.05 Å². The van der Waals surface area contributed by atoms with Gasteiger partial charge in [0.15, 0.2) is 0 Å². The first-order valence-corrected chi connectivity index (χ1v) is 15.1. The smallest absolute Gasteiger partial charge is 0.378 e. The molecule has 1 fully saturated rings. The van der Waals surface area contributed by atoms with Crippen LogP contribution in [-0.2, 0) is 38.2 Å². The van der Waals surface area contributed by atoms with Crippen molar-refractivity contribution in [2.45, 2.75) is 38.2 Å². The average Bonchev–Trinajstić information content (AvgIpc) is 3.03. The van der Waals surface area contributed by atoms with Crippen molar-refractivity contribution in [1.82, 2.24) is 4.90 Å². The number of hydrogen-bond acceptors (Lipinski definition) is 7. The zero-order valence-corrected chi connectivity index (χ0v) is 28.1. The highest BCUT2D eigenvalue weighted by atomic mass is 19.4. The molecule has 7 nitrogen and oxygen atoms in total. The Morgan fingerprint density at radius 1 is 0.571 bits per heavy atom. The van der Waals surface area contributed by atoms with Crippen LogP contribution in [0.2, 0.25) is 0 Å². The van der Waals surface area contributed by atoms with E-state index in [0.29, 0.717) is 35.5 Å². The number of nitrogens with two attached hydrogens (primary N) is 3. The minimum absolute atomic E-state index is 0.102. The SMILES string of the molecule is CN(C)c1cc(CN)cc(C(F)(F)F)c1.CN(C)c1ccc(CN)cc1C(F)(F)F.CN1CCN(c2ccc(CN)cc2C(F)(F)F)CC1. The molecule has 0 spiro atoms. The quantitative estimate of drug-likeness (QED) is 0.256. The minimum Gasteiger partial charge on any atom is -0.378 e. The predicted octanol–water partition coefficient (Wildman–Crippen LogP) is 6.38. The van der Waals surface area contributed by atoms with E-state index < -0.39 is 35.2 Å². The normalized spacial score (nSPS) is 14.0. The van der Waals surface area contributed by atoms with Crippen molar-refractivity contribution >= 4 is 17.1 Å². The summed E-state index contributed by atoms with van der Waals surface area (Å²) in [5.41, 5.74) is 16.6. The van der Waals surface area contributed by atoms with Crippen LogP contribution in [0.5, 0.6) is 0 Å². The van der Waals surface area contributed by atoms with Gasteiger partial charge in [0, 0.05) is 91.1 Å². The first-order valence-electron chi connectivity index (χ1n) is 15.1. The second kappa shape index (κ2) is 17.3. The van der Waals surface area contributed by atoms with Crippen molar-refractivity contribution in [3.05, 3.63) is 88.0 Å². The van der Waals surface area contributed by atoms with Gasteiger partial charge in [-0.1, -0.05) is 12.1 Å². The molecule has 3 aromatic carbocycles. The Morgan fingerprint density at radius 2 is 1.06 bits per heavy atom. The van der Waals surface area contributed by atoms with E-state index in [-0.39, 0.29) is 31.0 Å². The molecule has 1 aliphatic heterocycles. The molecular weight excluding hydrogens is 665 g/mol. The number of rotatable bonds is 6. The van der Waals surface area contributed by atoms with Gasteiger partial charge in [0.2, 0.25) is 0 Å². The molecule has 1 heterocycles. The van der Waals surface area contributed by atoms with E-state index >= 15 is 0 Å². The maximum absolute atomic E-state index is 13.1. The lowest BCUT2D eigenvalue weighted by atomic mass is 10.1. The number of benzene rings is 3. The molecule has 49 heavy (non-hydrogen) atoms. The standard InChI is InChI=1S/C13H18F3N3.2C10H13F3N2/c1-18-4-6-19(7-5-18)12-3-2-10(9-17)8-11(12)13(14,15)16;1-15(2)9-4-7(6-14)3-8(5-9)10(11,12)13;1-15(2)9-4-3-7(6-14)5-8(9)10(11,12)13/h2-3,8H,4-7,9,17H2,1H3;2*3-5H,6,14H2,1-2H3. The lowest BCUT2D eigenvalue weighted by Gasteiger charge is -2.35. The number of anilines is 3. The Bertz CT molecular complexity index is 1480. The zero-order chi connectivity index (χ0) is 37.3. The number of halogens is 9. The Labute approximate surface area is 281 Å². The van der Waals surface area contributed by atoms with Crippen molar-refractivity contribution in [2.75, 3.05) is 76.1 Å². The highest BCUT2D eigenvalue weighted by molar-refractivity contribution is 5.57. The molecule has 4 rings (SSSR count). The Kier molecular flexibility index (Phi) is 14.6. The molecule has 0 radical (unpaired) electrons. The van der Waals surface area contributed by atoms with Crippen LogP contribution < -0.4 is 31.9 Å². The lowest BCUT2D eigenvalue weighted by Crippen LogP contribution is -2.45. The topological polar surface area (TPSA) is 91.0 Å². The zero-order valence-electron chi connectivity index (χ0n) is 28.1. The highest BCUT2D eigenvalue weighted by Crippen LogP contribution is 2.38. The van der Waals surface area contributed by atoms with Gasteiger partial charge in [-0.2, -0.15) is 39.5 Å². The summed E-state index contributed by atoms with van der Waals surface area (Å²) in [6.07, 6.45) is -13.0. The molecule has 16 heteroatoms. The average molecular weight is 710 g/mol. The van der Waals surface area contributed by atoms with Crippen LogP contribution in [-0.4, -0.2) is 66.3 Å². The van der Waals surface area contributed by atoms with Gasteiger partial charge in [0.1, 0.15) is 0 Å². The molecule has 1 saturated heterocycles. The molecule has 0 bridgehead atoms. The second-order valence-electron chi connectivity index (χ2n) is 11.8. The fourth-order valence-corrected chi connectivity index (χ4v) is 4.80. The Balaban J connectivity index is 0.000000258. The van der Waals surface area contributed by atoms with Gasteiger partial charge in [0.25, 0.3) is 0 Å². The van der Waals surface area contributed by atoms with Gasteiger partial charge in [-0.3, -0.25) is 0 Å². The summed E-state index contributed by atoms with van der Waals surface area (Å²) in [5, 5.41) is 0. The van der Waals surface area contributed by atoms with Crippen molar-refractivity contribution < 1.29 is 39.5 Å². The van der Waals surface area contributed by atoms with E-state index in [1.165, 1.54) is 17.0 Å². The van der Waals surface area contributed by atoms with Crippen LogP contribution >= 0.6 is 0 Å². The van der Waals surface area contributed by atoms with Gasteiger partial charge in [-0.15, -0.1) is 0 Å². The molecule has 0 unspecified atom stereocenters. The summed E-state index contributed by atoms with van der Waals surface area (Å²) in [6, 6.07) is 12.3. The van der Waals surface area contributed by atoms with Gasteiger partial charge in [-0.05, 0) is 66.2 Å². The first-order chi connectivity index (χ1) is 22.6. The van der Waals surface area contributed by atoms with E-state index in [2.05, 4.69) is 4.90 Å². The summed E-state index contributed by atoms with van der Waals surface area (Å²) in [7, 11) is 8.50. The number of nitrogens with zero attached hydrogens (tertiary/aromatic N) is 4. The molecule has 0 amide bonds. The summed E-state index contributed by atoms with van der Waals surface area (Å²) in [5.74, 6) is 0. The largest absolute Gasteiger partial charge is 0.418 e. The minimum atomic E-state index is -4.34. The first kappa shape index (κ1) is 41.4. The molecule has 0 aliphatic carbocycles. The monoisotopic (exact) mass is 709 g/mol. The van der Waals surface area contributed by atoms with E-state index in [9.17, 15) is 39.5 Å². The van der Waals surface area contributed by atoms with Gasteiger partial charge >= 0.3 is 18.5 Å². The van der Waals surface area contributed by atoms with Crippen LogP contribution in [0.1, 0.15) is 33.4 Å². The van der Waals surface area contributed by atoms with Crippen molar-refractivity contribution in [3.63, 3.8) is 0 Å². The fraction of sp³-hybridized carbons (Fsp3) is 0.455. The molecular formula is C33H44F9N7. The summed E-state index contributed by atoms with van der Waals surface area (Å²) >= 11 is 0. The van der Waals surface area contributed by atoms with Crippen molar-refractivity contribution in [2.24, 2.45) is 17.2 Å². The van der Waals surface area contributed by atoms with E-state index in [0.717, 1.165) is 37.4 Å². The van der Waals surface area contributed by atoms with Crippen LogP contribution in [0, 0.1) is 0 Å². The summed E-state index contributed by atoms with van der Waals surface area (Å²) in [6.45, 7) is 3.10. The molecule has 274 valence electrons. The summed E-state index contributed by atoms with van der Waals surface area (Å²) < 4.78 is 115. The molecule has 1 aliphatic rings. The van der Waals surface area contributed by atoms with E-state index in [1.54, 1.807) is 56.2 Å². The number of likely N-dealkylation sites (N-methyl/N-ethyl adjacent to an activating group) is 1. The molecule has 0 aromatic heterocycles. The van der Waals surface area contributed by atoms with Crippen molar-refractivity contribution in [1.29, 1.82) is 0 Å². The maximum Gasteiger partial charge on any atom is 0.418 e. The highest BCUT2D eigenvalue weighted by Gasteiger charge is 2.36. The maximum atomic E-state index is 13.1. The van der Waals surface area contributed by atoms with Gasteiger partial charge in [0.05, 0.1) is 16.7 Å². The Hall–Kier alpha value is -3.73. The number of piperazine rings is 1. The third kappa shape index (κ3) is 12.3. The van der Waals surface area contributed by atoms with Crippen LogP contribution in [0.25, 0.3) is 0 Å². The van der Waals surface area contributed by atoms with Crippen LogP contribution in [0.15, 0.2) is 54.6 Å². The van der Waals surface area contributed by atoms with Gasteiger partial charge < -0.3 is 36.8 Å². The number of alkyl halides is 9. The molecule has 3 aromatic rings. The van der Waals surface area contributed by atoms with Crippen molar-refractivity contribution in [3.8, 4) is 0 Å². The van der Waals surface area contributed by atoms with Crippen LogP contribution in [0.3, 0.4) is 0 Å². The second-order valence-corrected chi connectivity index (χ2v) is 11.8. The van der Waals surface area contributed by atoms with Gasteiger partial charge in [-0.25, -0.2) is 0 Å². The lowest BCUT2D eigenvalue weighted by molar-refractivity contribution is -0.138. The van der Waals surface area contributed by atoms with Crippen LogP contribution in [0.4, 0.5) is 56.6 Å². The third-order valence-corrected chi connectivity index (χ3v) is 7.59.